The first kappa shape index (κ1) is 13.1. The van der Waals surface area contributed by atoms with E-state index in [0.29, 0.717) is 16.6 Å². The first-order valence-electron chi connectivity index (χ1n) is 4.91. The van der Waals surface area contributed by atoms with Gasteiger partial charge in [-0.1, -0.05) is 12.1 Å². The van der Waals surface area contributed by atoms with E-state index in [2.05, 4.69) is 15.9 Å². The SMILES string of the molecule is CCOC(=O)C[C@H](N)c1cccc(F)c1Br. The van der Waals surface area contributed by atoms with Crippen LogP contribution >= 0.6 is 15.9 Å². The number of halogens is 2. The van der Waals surface area contributed by atoms with Crippen molar-refractivity contribution in [3.63, 3.8) is 0 Å². The molecule has 0 aliphatic rings. The molecule has 16 heavy (non-hydrogen) atoms. The summed E-state index contributed by atoms with van der Waals surface area (Å²) >= 11 is 3.10. The Morgan fingerprint density at radius 3 is 2.94 bits per heavy atom. The van der Waals surface area contributed by atoms with Crippen molar-refractivity contribution < 1.29 is 13.9 Å². The van der Waals surface area contributed by atoms with E-state index in [1.54, 1.807) is 19.1 Å². The van der Waals surface area contributed by atoms with Gasteiger partial charge in [0.25, 0.3) is 0 Å². The minimum atomic E-state index is -0.566. The zero-order chi connectivity index (χ0) is 12.1. The van der Waals surface area contributed by atoms with E-state index >= 15 is 0 Å². The molecule has 1 aromatic carbocycles. The largest absolute Gasteiger partial charge is 0.466 e. The Morgan fingerprint density at radius 1 is 1.62 bits per heavy atom. The van der Waals surface area contributed by atoms with Crippen LogP contribution in [0, 0.1) is 5.82 Å². The Bertz CT molecular complexity index is 384. The number of carbonyl (C=O) groups excluding carboxylic acids is 1. The number of nitrogens with two attached hydrogens (primary N) is 1. The van der Waals surface area contributed by atoms with Gasteiger partial charge < -0.3 is 10.5 Å². The fourth-order valence-electron chi connectivity index (χ4n) is 1.32. The van der Waals surface area contributed by atoms with Crippen molar-refractivity contribution in [2.75, 3.05) is 6.61 Å². The van der Waals surface area contributed by atoms with Gasteiger partial charge in [-0.15, -0.1) is 0 Å². The first-order chi connectivity index (χ1) is 7.56. The number of hydrogen-bond acceptors (Lipinski definition) is 3. The molecule has 0 heterocycles. The molecule has 0 unspecified atom stereocenters. The van der Waals surface area contributed by atoms with E-state index in [0.717, 1.165) is 0 Å². The average molecular weight is 290 g/mol. The van der Waals surface area contributed by atoms with E-state index in [4.69, 9.17) is 10.5 Å². The number of hydrogen-bond donors (Lipinski definition) is 1. The maximum Gasteiger partial charge on any atom is 0.307 e. The van der Waals surface area contributed by atoms with E-state index in [9.17, 15) is 9.18 Å². The second kappa shape index (κ2) is 5.96. The van der Waals surface area contributed by atoms with E-state index in [1.165, 1.54) is 6.07 Å². The molecular formula is C11H13BrFNO2. The van der Waals surface area contributed by atoms with Gasteiger partial charge in [0.05, 0.1) is 17.5 Å². The number of rotatable bonds is 4. The van der Waals surface area contributed by atoms with Crippen molar-refractivity contribution in [3.8, 4) is 0 Å². The van der Waals surface area contributed by atoms with Crippen molar-refractivity contribution in [1.82, 2.24) is 0 Å². The molecule has 1 aromatic rings. The summed E-state index contributed by atoms with van der Waals surface area (Å²) in [6.45, 7) is 2.04. The highest BCUT2D eigenvalue weighted by atomic mass is 79.9. The molecule has 0 aliphatic carbocycles. The maximum atomic E-state index is 13.2. The summed E-state index contributed by atoms with van der Waals surface area (Å²) in [5.74, 6) is -0.775. The lowest BCUT2D eigenvalue weighted by atomic mass is 10.0. The number of ether oxygens (including phenoxy) is 1. The van der Waals surface area contributed by atoms with Crippen molar-refractivity contribution in [2.45, 2.75) is 19.4 Å². The molecule has 5 heteroatoms. The number of carbonyl (C=O) groups is 1. The lowest BCUT2D eigenvalue weighted by Gasteiger charge is -2.13. The molecule has 3 nitrogen and oxygen atoms in total. The molecule has 0 radical (unpaired) electrons. The molecule has 0 saturated heterocycles. The Morgan fingerprint density at radius 2 is 2.31 bits per heavy atom. The zero-order valence-corrected chi connectivity index (χ0v) is 10.5. The molecule has 1 rings (SSSR count). The van der Waals surface area contributed by atoms with Crippen LogP contribution in [0.1, 0.15) is 24.9 Å². The summed E-state index contributed by atoms with van der Waals surface area (Å²) in [6, 6.07) is 3.99. The topological polar surface area (TPSA) is 52.3 Å². The molecule has 0 spiro atoms. The van der Waals surface area contributed by atoms with Gasteiger partial charge in [0.1, 0.15) is 5.82 Å². The fourth-order valence-corrected chi connectivity index (χ4v) is 1.87. The predicted octanol–water partition coefficient (Wildman–Crippen LogP) is 2.54. The Kier molecular flexibility index (Phi) is 4.89. The summed E-state index contributed by atoms with van der Waals surface area (Å²) in [5.41, 5.74) is 6.36. The molecular weight excluding hydrogens is 277 g/mol. The summed E-state index contributed by atoms with van der Waals surface area (Å²) in [6.07, 6.45) is 0.0376. The summed E-state index contributed by atoms with van der Waals surface area (Å²) in [7, 11) is 0. The van der Waals surface area contributed by atoms with Gasteiger partial charge in [-0.25, -0.2) is 4.39 Å². The fraction of sp³-hybridized carbons (Fsp3) is 0.364. The minimum Gasteiger partial charge on any atom is -0.466 e. The van der Waals surface area contributed by atoms with Gasteiger partial charge in [-0.05, 0) is 34.5 Å². The maximum absolute atomic E-state index is 13.2. The molecule has 1 atom stereocenters. The first-order valence-corrected chi connectivity index (χ1v) is 5.70. The second-order valence-corrected chi connectivity index (χ2v) is 4.05. The van der Waals surface area contributed by atoms with Crippen molar-refractivity contribution in [1.29, 1.82) is 0 Å². The van der Waals surface area contributed by atoms with Gasteiger partial charge in [0.2, 0.25) is 0 Å². The zero-order valence-electron chi connectivity index (χ0n) is 8.87. The predicted molar refractivity (Wildman–Crippen MR) is 62.3 cm³/mol. The van der Waals surface area contributed by atoms with Crippen molar-refractivity contribution in [2.24, 2.45) is 5.73 Å². The standard InChI is InChI=1S/C11H13BrFNO2/c1-2-16-10(15)6-9(14)7-4-3-5-8(13)11(7)12/h3-5,9H,2,6,14H2,1H3/t9-/m0/s1. The van der Waals surface area contributed by atoms with Crippen LogP contribution in [0.2, 0.25) is 0 Å². The minimum absolute atomic E-state index is 0.0376. The van der Waals surface area contributed by atoms with Gasteiger partial charge >= 0.3 is 5.97 Å². The summed E-state index contributed by atoms with van der Waals surface area (Å²) in [5, 5.41) is 0. The highest BCUT2D eigenvalue weighted by Gasteiger charge is 2.16. The molecule has 0 aliphatic heterocycles. The van der Waals surface area contributed by atoms with Gasteiger partial charge in [-0.3, -0.25) is 4.79 Å². The van der Waals surface area contributed by atoms with Gasteiger partial charge in [-0.2, -0.15) is 0 Å². The van der Waals surface area contributed by atoms with Crippen LogP contribution in [0.5, 0.6) is 0 Å². The lowest BCUT2D eigenvalue weighted by molar-refractivity contribution is -0.143. The van der Waals surface area contributed by atoms with Crippen LogP contribution in [0.25, 0.3) is 0 Å². The Hall–Kier alpha value is -0.940. The van der Waals surface area contributed by atoms with Gasteiger partial charge in [0.15, 0.2) is 0 Å². The highest BCUT2D eigenvalue weighted by molar-refractivity contribution is 9.10. The van der Waals surface area contributed by atoms with Crippen molar-refractivity contribution >= 4 is 21.9 Å². The van der Waals surface area contributed by atoms with Crippen LogP contribution in [0.4, 0.5) is 4.39 Å². The molecule has 0 fully saturated rings. The lowest BCUT2D eigenvalue weighted by Crippen LogP contribution is -2.17. The summed E-state index contributed by atoms with van der Waals surface area (Å²) < 4.78 is 18.3. The normalized spacial score (nSPS) is 12.2. The third-order valence-corrected chi connectivity index (χ3v) is 2.91. The van der Waals surface area contributed by atoms with Crippen LogP contribution in [0.3, 0.4) is 0 Å². The highest BCUT2D eigenvalue weighted by Crippen LogP contribution is 2.26. The molecule has 0 amide bonds. The molecule has 88 valence electrons. The van der Waals surface area contributed by atoms with Crippen LogP contribution in [-0.2, 0) is 9.53 Å². The van der Waals surface area contributed by atoms with Crippen molar-refractivity contribution in [3.05, 3.63) is 34.1 Å². The molecule has 2 N–H and O–H groups in total. The number of esters is 1. The second-order valence-electron chi connectivity index (χ2n) is 3.26. The average Bonchev–Trinajstić information content (AvgIpc) is 2.22. The third kappa shape index (κ3) is 3.28. The van der Waals surface area contributed by atoms with E-state index in [1.807, 2.05) is 0 Å². The van der Waals surface area contributed by atoms with Crippen LogP contribution in [0.15, 0.2) is 22.7 Å². The summed E-state index contributed by atoms with van der Waals surface area (Å²) in [4.78, 5) is 11.2. The monoisotopic (exact) mass is 289 g/mol. The molecule has 0 saturated carbocycles. The Balaban J connectivity index is 2.76. The number of benzene rings is 1. The van der Waals surface area contributed by atoms with E-state index in [-0.39, 0.29) is 12.4 Å². The van der Waals surface area contributed by atoms with Crippen LogP contribution in [-0.4, -0.2) is 12.6 Å². The smallest absolute Gasteiger partial charge is 0.307 e. The molecule has 0 bridgehead atoms. The van der Waals surface area contributed by atoms with E-state index < -0.39 is 11.9 Å². The quantitative estimate of drug-likeness (QED) is 0.867. The van der Waals surface area contributed by atoms with Crippen LogP contribution < -0.4 is 5.73 Å². The Labute approximate surface area is 102 Å². The molecule has 0 aromatic heterocycles. The van der Waals surface area contributed by atoms with Gasteiger partial charge in [0, 0.05) is 6.04 Å². The third-order valence-electron chi connectivity index (χ3n) is 2.07.